The molecule has 0 saturated heterocycles. The molecule has 0 unspecified atom stereocenters. The first-order chi connectivity index (χ1) is 13.4. The van der Waals surface area contributed by atoms with Crippen molar-refractivity contribution in [3.05, 3.63) is 47.5 Å². The predicted molar refractivity (Wildman–Crippen MR) is 107 cm³/mol. The van der Waals surface area contributed by atoms with Gasteiger partial charge in [-0.2, -0.15) is 0 Å². The zero-order valence-corrected chi connectivity index (χ0v) is 17.7. The van der Waals surface area contributed by atoms with Gasteiger partial charge in [-0.05, 0) is 49.7 Å². The molecule has 0 bridgehead atoms. The minimum Gasteiger partial charge on any atom is -0.508 e. The lowest BCUT2D eigenvalue weighted by molar-refractivity contribution is 0.214. The Kier molecular flexibility index (Phi) is 7.75. The predicted octanol–water partition coefficient (Wildman–Crippen LogP) is 4.77. The molecule has 0 aliphatic carbocycles. The Hall–Kier alpha value is -2.21. The zero-order chi connectivity index (χ0) is 20.7. The van der Waals surface area contributed by atoms with Crippen molar-refractivity contribution in [1.29, 1.82) is 0 Å². The highest BCUT2D eigenvalue weighted by Gasteiger charge is 2.40. The maximum atomic E-state index is 13.8. The summed E-state index contributed by atoms with van der Waals surface area (Å²) in [4.78, 5) is 0. The Morgan fingerprint density at radius 1 is 0.893 bits per heavy atom. The molecule has 1 atom stereocenters. The molecule has 2 aromatic rings. The molecule has 0 aliphatic heterocycles. The van der Waals surface area contributed by atoms with Crippen molar-refractivity contribution in [2.45, 2.75) is 19.5 Å². The summed E-state index contributed by atoms with van der Waals surface area (Å²) in [6.07, 6.45) is 0. The summed E-state index contributed by atoms with van der Waals surface area (Å²) in [5.74, 6) is 1.47. The molecular weight excluding hydrogens is 383 g/mol. The van der Waals surface area contributed by atoms with Crippen LogP contribution in [0.3, 0.4) is 0 Å². The lowest BCUT2D eigenvalue weighted by atomic mass is 10.0. The van der Waals surface area contributed by atoms with Crippen LogP contribution in [0.2, 0.25) is 0 Å². The smallest absolute Gasteiger partial charge is 0.342 e. The van der Waals surface area contributed by atoms with Gasteiger partial charge in [0, 0.05) is 5.56 Å². The zero-order valence-electron chi connectivity index (χ0n) is 16.8. The summed E-state index contributed by atoms with van der Waals surface area (Å²) in [7, 11) is 0.878. The van der Waals surface area contributed by atoms with Crippen LogP contribution in [0.25, 0.3) is 0 Å². The number of benzene rings is 2. The number of methoxy groups -OCH3 is 3. The SMILES string of the molecule is CCOP(=O)(OCC)[C@H](c1ccc(OC)c(OC)c1)c1cc(OC)ccc1O. The van der Waals surface area contributed by atoms with Gasteiger partial charge >= 0.3 is 7.60 Å². The van der Waals surface area contributed by atoms with Crippen molar-refractivity contribution in [3.8, 4) is 23.0 Å². The van der Waals surface area contributed by atoms with Crippen LogP contribution in [0.5, 0.6) is 23.0 Å². The molecule has 2 aromatic carbocycles. The van der Waals surface area contributed by atoms with E-state index in [-0.39, 0.29) is 19.0 Å². The highest BCUT2D eigenvalue weighted by molar-refractivity contribution is 7.54. The van der Waals surface area contributed by atoms with Crippen molar-refractivity contribution >= 4 is 7.60 Å². The molecule has 1 N–H and O–H groups in total. The number of phenolic OH excluding ortho intramolecular Hbond substituents is 1. The van der Waals surface area contributed by atoms with Crippen molar-refractivity contribution in [1.82, 2.24) is 0 Å². The lowest BCUT2D eigenvalue weighted by Crippen LogP contribution is -2.09. The Labute approximate surface area is 165 Å². The first-order valence-corrected chi connectivity index (χ1v) is 10.5. The van der Waals surface area contributed by atoms with E-state index in [2.05, 4.69) is 0 Å². The molecule has 28 heavy (non-hydrogen) atoms. The molecule has 0 aliphatic rings. The topological polar surface area (TPSA) is 83.5 Å². The van der Waals surface area contributed by atoms with Gasteiger partial charge in [-0.15, -0.1) is 0 Å². The van der Waals surface area contributed by atoms with Gasteiger partial charge in [0.05, 0.1) is 34.5 Å². The summed E-state index contributed by atoms with van der Waals surface area (Å²) in [5, 5.41) is 10.5. The molecule has 0 radical (unpaired) electrons. The highest BCUT2D eigenvalue weighted by Crippen LogP contribution is 2.65. The fourth-order valence-electron chi connectivity index (χ4n) is 2.98. The molecule has 7 nitrogen and oxygen atoms in total. The van der Waals surface area contributed by atoms with Crippen LogP contribution in [-0.4, -0.2) is 39.6 Å². The van der Waals surface area contributed by atoms with Crippen LogP contribution in [0, 0.1) is 0 Å². The summed E-state index contributed by atoms with van der Waals surface area (Å²) in [6.45, 7) is 3.85. The molecule has 154 valence electrons. The molecule has 0 heterocycles. The third-order valence-corrected chi connectivity index (χ3v) is 6.63. The molecule has 2 rings (SSSR count). The van der Waals surface area contributed by atoms with E-state index in [1.807, 2.05) is 0 Å². The second kappa shape index (κ2) is 9.82. The van der Waals surface area contributed by atoms with E-state index in [1.54, 1.807) is 44.2 Å². The number of phenols is 1. The molecular formula is C20H27O7P. The third kappa shape index (κ3) is 4.61. The van der Waals surface area contributed by atoms with Crippen LogP contribution in [0.1, 0.15) is 30.6 Å². The monoisotopic (exact) mass is 410 g/mol. The van der Waals surface area contributed by atoms with E-state index in [9.17, 15) is 9.67 Å². The van der Waals surface area contributed by atoms with Crippen molar-refractivity contribution in [2.24, 2.45) is 0 Å². The van der Waals surface area contributed by atoms with Crippen LogP contribution in [-0.2, 0) is 13.6 Å². The highest BCUT2D eigenvalue weighted by atomic mass is 31.2. The standard InChI is InChI=1S/C20H27O7P/c1-6-26-28(22,27-7-2)20(16-13-15(23-3)9-10-17(16)21)14-8-11-18(24-4)19(12-14)25-5/h8-13,20-21H,6-7H2,1-5H3/t20-/m1/s1. The molecule has 0 amide bonds. The molecule has 0 spiro atoms. The van der Waals surface area contributed by atoms with Crippen molar-refractivity contribution in [3.63, 3.8) is 0 Å². The first-order valence-electron chi connectivity index (χ1n) is 8.91. The van der Waals surface area contributed by atoms with E-state index in [4.69, 9.17) is 23.3 Å². The molecule has 0 saturated carbocycles. The van der Waals surface area contributed by atoms with Gasteiger partial charge in [-0.25, -0.2) is 0 Å². The van der Waals surface area contributed by atoms with E-state index in [1.165, 1.54) is 27.4 Å². The third-order valence-electron chi connectivity index (χ3n) is 4.19. The first kappa shape index (κ1) is 22.1. The summed E-state index contributed by atoms with van der Waals surface area (Å²) in [6, 6.07) is 9.89. The van der Waals surface area contributed by atoms with Crippen molar-refractivity contribution < 1.29 is 32.9 Å². The fraction of sp³-hybridized carbons (Fsp3) is 0.400. The maximum Gasteiger partial charge on any atom is 0.342 e. The van der Waals surface area contributed by atoms with Crippen LogP contribution in [0.4, 0.5) is 0 Å². The van der Waals surface area contributed by atoms with E-state index < -0.39 is 13.3 Å². The summed E-state index contributed by atoms with van der Waals surface area (Å²) in [5.41, 5.74) is 0.0746. The van der Waals surface area contributed by atoms with Gasteiger partial charge in [-0.3, -0.25) is 4.57 Å². The second-order valence-electron chi connectivity index (χ2n) is 5.82. The summed E-state index contributed by atoms with van der Waals surface area (Å²) >= 11 is 0. The largest absolute Gasteiger partial charge is 0.508 e. The van der Waals surface area contributed by atoms with E-state index in [0.29, 0.717) is 28.4 Å². The summed E-state index contributed by atoms with van der Waals surface area (Å²) < 4.78 is 40.9. The lowest BCUT2D eigenvalue weighted by Gasteiger charge is -2.28. The van der Waals surface area contributed by atoms with Crippen LogP contribution < -0.4 is 14.2 Å². The minimum atomic E-state index is -3.70. The van der Waals surface area contributed by atoms with Gasteiger partial charge in [0.1, 0.15) is 17.2 Å². The average molecular weight is 410 g/mol. The van der Waals surface area contributed by atoms with Gasteiger partial charge in [-0.1, -0.05) is 6.07 Å². The van der Waals surface area contributed by atoms with Gasteiger partial charge < -0.3 is 28.4 Å². The number of ether oxygens (including phenoxy) is 3. The Morgan fingerprint density at radius 3 is 2.07 bits per heavy atom. The average Bonchev–Trinajstić information content (AvgIpc) is 2.69. The minimum absolute atomic E-state index is 0.0415. The fourth-order valence-corrected chi connectivity index (χ4v) is 5.15. The molecule has 0 aromatic heterocycles. The van der Waals surface area contributed by atoms with Crippen LogP contribution in [0.15, 0.2) is 36.4 Å². The van der Waals surface area contributed by atoms with Gasteiger partial charge in [0.25, 0.3) is 0 Å². The van der Waals surface area contributed by atoms with Crippen molar-refractivity contribution in [2.75, 3.05) is 34.5 Å². The van der Waals surface area contributed by atoms with E-state index in [0.717, 1.165) is 0 Å². The normalized spacial score (nSPS) is 12.5. The second-order valence-corrected chi connectivity index (χ2v) is 7.93. The quantitative estimate of drug-likeness (QED) is 0.565. The Balaban J connectivity index is 2.75. The Bertz CT molecular complexity index is 827. The van der Waals surface area contributed by atoms with Crippen LogP contribution >= 0.6 is 7.60 Å². The Morgan fingerprint density at radius 2 is 1.54 bits per heavy atom. The van der Waals surface area contributed by atoms with Gasteiger partial charge in [0.2, 0.25) is 0 Å². The maximum absolute atomic E-state index is 13.8. The number of hydrogen-bond donors (Lipinski definition) is 1. The molecule has 0 fully saturated rings. The number of aromatic hydroxyl groups is 1. The van der Waals surface area contributed by atoms with E-state index >= 15 is 0 Å². The van der Waals surface area contributed by atoms with Gasteiger partial charge in [0.15, 0.2) is 11.5 Å². The molecule has 8 heteroatoms. The number of rotatable bonds is 10. The number of hydrogen-bond acceptors (Lipinski definition) is 7.